The summed E-state index contributed by atoms with van der Waals surface area (Å²) in [7, 11) is 0. The van der Waals surface area contributed by atoms with Gasteiger partial charge in [0.1, 0.15) is 5.78 Å². The van der Waals surface area contributed by atoms with Gasteiger partial charge < -0.3 is 13.3 Å². The molecule has 11 nitrogen and oxygen atoms in total. The lowest BCUT2D eigenvalue weighted by Crippen LogP contribution is -2.49. The molecule has 1 fully saturated rings. The number of nitrogens with zero attached hydrogens (tertiary/aromatic N) is 4. The number of Topliss-reactive ketones (excluding diaryl/α,β-unsaturated/α-hetero) is 1. The van der Waals surface area contributed by atoms with Crippen LogP contribution in [0.25, 0.3) is 0 Å². The first-order chi connectivity index (χ1) is 13.7. The van der Waals surface area contributed by atoms with Gasteiger partial charge in [0.2, 0.25) is 0 Å². The second-order valence-corrected chi connectivity index (χ2v) is 7.48. The third-order valence-electron chi connectivity index (χ3n) is 4.53. The highest BCUT2D eigenvalue weighted by Gasteiger charge is 2.20. The van der Waals surface area contributed by atoms with E-state index in [-0.39, 0.29) is 32.0 Å². The summed E-state index contributed by atoms with van der Waals surface area (Å²) in [6.45, 7) is 5.10. The molecule has 1 heterocycles. The van der Waals surface area contributed by atoms with Gasteiger partial charge in [0.05, 0.1) is 26.2 Å². The van der Waals surface area contributed by atoms with Crippen molar-refractivity contribution in [2.24, 2.45) is 0 Å². The van der Waals surface area contributed by atoms with Gasteiger partial charge in [0.25, 0.3) is 0 Å². The number of carboxylic acid groups (broad SMARTS) is 2. The van der Waals surface area contributed by atoms with Crippen LogP contribution < -0.4 is 0 Å². The molecular weight excluding hydrogens is 499 g/mol. The second-order valence-electron chi connectivity index (χ2n) is 7.04. The molecule has 0 atom stereocenters. The van der Waals surface area contributed by atoms with Gasteiger partial charge in [0.15, 0.2) is 23.0 Å². The average Bonchev–Trinajstić information content (AvgIpc) is 2.62. The molecule has 0 aromatic rings. The largest absolute Gasteiger partial charge is 0.480 e. The van der Waals surface area contributed by atoms with Crippen LogP contribution in [0.2, 0.25) is 0 Å². The van der Waals surface area contributed by atoms with Crippen LogP contribution in [0.1, 0.15) is 6.92 Å². The highest BCUT2D eigenvalue weighted by molar-refractivity contribution is 14.1. The van der Waals surface area contributed by atoms with Crippen LogP contribution in [0.4, 0.5) is 0 Å². The fourth-order valence-electron chi connectivity index (χ4n) is 3.12. The van der Waals surface area contributed by atoms with E-state index in [0.29, 0.717) is 52.4 Å². The standard InChI is InChI=1S/C17H29IN4O7/c1-14(23)10-19-2-4-20(11-15(24)25)5-6-21(12-16(26)27)7-9-22(8-3-19)13-17(28)29-18/h2-13H2,1H3,(H,24,25)(H,26,27). The molecule has 0 bridgehead atoms. The summed E-state index contributed by atoms with van der Waals surface area (Å²) in [6, 6.07) is 0. The Bertz CT molecular complexity index is 546. The zero-order valence-corrected chi connectivity index (χ0v) is 18.7. The highest BCUT2D eigenvalue weighted by Crippen LogP contribution is 2.02. The summed E-state index contributed by atoms with van der Waals surface area (Å²) < 4.78 is 4.71. The molecule has 0 radical (unpaired) electrons. The van der Waals surface area contributed by atoms with E-state index in [4.69, 9.17) is 13.3 Å². The van der Waals surface area contributed by atoms with Crippen LogP contribution in [0.15, 0.2) is 0 Å². The molecule has 0 amide bonds. The normalized spacial score (nSPS) is 19.1. The van der Waals surface area contributed by atoms with Crippen LogP contribution in [-0.2, 0) is 22.2 Å². The van der Waals surface area contributed by atoms with Gasteiger partial charge in [-0.2, -0.15) is 0 Å². The van der Waals surface area contributed by atoms with Gasteiger partial charge in [-0.3, -0.25) is 34.0 Å². The summed E-state index contributed by atoms with van der Waals surface area (Å²) in [5.41, 5.74) is 0. The maximum atomic E-state index is 11.7. The summed E-state index contributed by atoms with van der Waals surface area (Å²) >= 11 is 1.53. The second kappa shape index (κ2) is 13.8. The Morgan fingerprint density at radius 3 is 1.28 bits per heavy atom. The van der Waals surface area contributed by atoms with Crippen molar-refractivity contribution >= 4 is 46.7 Å². The molecule has 0 aromatic carbocycles. The Morgan fingerprint density at radius 1 is 0.690 bits per heavy atom. The number of carbonyl (C=O) groups is 4. The predicted molar refractivity (Wildman–Crippen MR) is 112 cm³/mol. The van der Waals surface area contributed by atoms with E-state index in [9.17, 15) is 19.2 Å². The SMILES string of the molecule is CC(=O)CN1CCN(CC(=O)O)CCN(CC(=O)O)CCN(CC(=O)OI)CC1. The quantitative estimate of drug-likeness (QED) is 0.371. The smallest absolute Gasteiger partial charge is 0.329 e. The lowest BCUT2D eigenvalue weighted by molar-refractivity contribution is -0.140. The Morgan fingerprint density at radius 2 is 1.00 bits per heavy atom. The number of hydrogen-bond donors (Lipinski definition) is 2. The number of carbonyl (C=O) groups excluding carboxylic acids is 2. The van der Waals surface area contributed by atoms with Crippen molar-refractivity contribution in [2.75, 3.05) is 78.5 Å². The maximum absolute atomic E-state index is 11.7. The van der Waals surface area contributed by atoms with Gasteiger partial charge in [-0.05, 0) is 6.92 Å². The van der Waals surface area contributed by atoms with Crippen molar-refractivity contribution in [1.29, 1.82) is 0 Å². The minimum absolute atomic E-state index is 0.00716. The number of aliphatic carboxylic acids is 2. The fourth-order valence-corrected chi connectivity index (χ4v) is 3.25. The van der Waals surface area contributed by atoms with Crippen LogP contribution >= 0.6 is 23.0 Å². The van der Waals surface area contributed by atoms with Gasteiger partial charge in [-0.1, -0.05) is 0 Å². The van der Waals surface area contributed by atoms with Crippen LogP contribution in [0.3, 0.4) is 0 Å². The number of carboxylic acids is 2. The maximum Gasteiger partial charge on any atom is 0.329 e. The number of rotatable bonds is 8. The van der Waals surface area contributed by atoms with Crippen molar-refractivity contribution in [3.63, 3.8) is 0 Å². The summed E-state index contributed by atoms with van der Waals surface area (Å²) in [6.07, 6.45) is 0. The molecule has 1 saturated heterocycles. The lowest BCUT2D eigenvalue weighted by atomic mass is 10.3. The number of halogens is 1. The molecule has 0 saturated carbocycles. The van der Waals surface area contributed by atoms with E-state index in [1.807, 2.05) is 9.80 Å². The molecule has 2 N–H and O–H groups in total. The Balaban J connectivity index is 2.92. The molecule has 0 aliphatic carbocycles. The molecule has 29 heavy (non-hydrogen) atoms. The van der Waals surface area contributed by atoms with Gasteiger partial charge in [-0.15, -0.1) is 0 Å². The molecule has 166 valence electrons. The third-order valence-corrected chi connectivity index (χ3v) is 5.02. The zero-order chi connectivity index (χ0) is 21.8. The fraction of sp³-hybridized carbons (Fsp3) is 0.765. The average molecular weight is 528 g/mol. The van der Waals surface area contributed by atoms with Crippen LogP contribution in [0, 0.1) is 0 Å². The van der Waals surface area contributed by atoms with Gasteiger partial charge in [-0.25, -0.2) is 4.79 Å². The molecule has 0 aromatic heterocycles. The van der Waals surface area contributed by atoms with E-state index in [0.717, 1.165) is 0 Å². The summed E-state index contributed by atoms with van der Waals surface area (Å²) in [4.78, 5) is 52.9. The van der Waals surface area contributed by atoms with E-state index >= 15 is 0 Å². The first-order valence-corrected chi connectivity index (χ1v) is 10.2. The van der Waals surface area contributed by atoms with Gasteiger partial charge in [0, 0.05) is 52.4 Å². The minimum Gasteiger partial charge on any atom is -0.480 e. The molecule has 1 aliphatic rings. The predicted octanol–water partition coefficient (Wildman–Crippen LogP) is -1.14. The monoisotopic (exact) mass is 528 g/mol. The van der Waals surface area contributed by atoms with E-state index in [1.54, 1.807) is 9.80 Å². The molecular formula is C17H29IN4O7. The summed E-state index contributed by atoms with van der Waals surface area (Å²) in [5.74, 6) is -2.31. The first-order valence-electron chi connectivity index (χ1n) is 9.33. The molecule has 1 rings (SSSR count). The van der Waals surface area contributed by atoms with Crippen molar-refractivity contribution in [3.8, 4) is 0 Å². The summed E-state index contributed by atoms with van der Waals surface area (Å²) in [5, 5.41) is 18.3. The Labute approximate surface area is 184 Å². The zero-order valence-electron chi connectivity index (χ0n) is 16.6. The molecule has 12 heteroatoms. The van der Waals surface area contributed by atoms with Crippen molar-refractivity contribution in [3.05, 3.63) is 0 Å². The molecule has 0 unspecified atom stereocenters. The lowest BCUT2D eigenvalue weighted by Gasteiger charge is -2.32. The topological polar surface area (TPSA) is 131 Å². The van der Waals surface area contributed by atoms with E-state index < -0.39 is 17.9 Å². The number of hydrogen-bond acceptors (Lipinski definition) is 9. The van der Waals surface area contributed by atoms with E-state index in [2.05, 4.69) is 0 Å². The minimum atomic E-state index is -0.965. The van der Waals surface area contributed by atoms with Gasteiger partial charge >= 0.3 is 17.9 Å². The highest BCUT2D eigenvalue weighted by atomic mass is 127. The van der Waals surface area contributed by atoms with Crippen molar-refractivity contribution in [1.82, 2.24) is 19.6 Å². The Hall–Kier alpha value is -1.35. The van der Waals surface area contributed by atoms with Crippen molar-refractivity contribution < 1.29 is 32.5 Å². The van der Waals surface area contributed by atoms with Crippen LogP contribution in [0.5, 0.6) is 0 Å². The van der Waals surface area contributed by atoms with Crippen molar-refractivity contribution in [2.45, 2.75) is 6.92 Å². The third kappa shape index (κ3) is 12.1. The van der Waals surface area contributed by atoms with Crippen LogP contribution in [-0.4, -0.2) is 132 Å². The van der Waals surface area contributed by atoms with E-state index in [1.165, 1.54) is 29.9 Å². The first kappa shape index (κ1) is 25.7. The molecule has 0 spiro atoms. The Kier molecular flexibility index (Phi) is 12.2. The number of ketones is 1. The molecule has 1 aliphatic heterocycles.